The zero-order valence-electron chi connectivity index (χ0n) is 8.90. The Kier molecular flexibility index (Phi) is 3.06. The molecule has 0 amide bonds. The minimum atomic E-state index is -1.24. The number of carboxylic acids is 1. The number of hydrogen-bond acceptors (Lipinski definition) is 7. The van der Waals surface area contributed by atoms with E-state index in [0.29, 0.717) is 0 Å². The van der Waals surface area contributed by atoms with Crippen molar-refractivity contribution in [2.45, 2.75) is 0 Å². The molecule has 0 aliphatic carbocycles. The molecule has 18 heavy (non-hydrogen) atoms. The third-order valence-electron chi connectivity index (χ3n) is 1.90. The minimum absolute atomic E-state index is 0.0907. The summed E-state index contributed by atoms with van der Waals surface area (Å²) in [5, 5.41) is 20.3. The average Bonchev–Trinajstić information content (AvgIpc) is 2.39. The molecule has 0 aliphatic heterocycles. The largest absolute Gasteiger partial charge is 0.475 e. The number of carboxylic acid groups (broad SMARTS) is 1. The summed E-state index contributed by atoms with van der Waals surface area (Å²) >= 11 is 0. The molecular weight excluding hydrogens is 236 g/mol. The van der Waals surface area contributed by atoms with Crippen LogP contribution in [-0.2, 0) is 0 Å². The molecule has 0 saturated heterocycles. The molecule has 0 unspecified atom stereocenters. The lowest BCUT2D eigenvalue weighted by Crippen LogP contribution is -2.07. The Morgan fingerprint density at radius 3 is 2.78 bits per heavy atom. The molecule has 88 valence electrons. The van der Waals surface area contributed by atoms with Crippen LogP contribution in [0.5, 0.6) is 0 Å². The fourth-order valence-corrected chi connectivity index (χ4v) is 1.16. The molecule has 0 bridgehead atoms. The molecule has 8 heteroatoms. The van der Waals surface area contributed by atoms with Gasteiger partial charge in [0.2, 0.25) is 5.82 Å². The molecule has 2 aromatic heterocycles. The van der Waals surface area contributed by atoms with Gasteiger partial charge in [-0.2, -0.15) is 5.26 Å². The van der Waals surface area contributed by atoms with Crippen LogP contribution in [0.3, 0.4) is 0 Å². The molecule has 2 N–H and O–H groups in total. The lowest BCUT2D eigenvalue weighted by atomic mass is 10.4. The number of nitrogens with one attached hydrogen (secondary N) is 1. The highest BCUT2D eigenvalue weighted by molar-refractivity contribution is 5.83. The number of hydrogen-bond donors (Lipinski definition) is 2. The fraction of sp³-hybridized carbons (Fsp3) is 0. The first-order chi connectivity index (χ1) is 8.70. The van der Waals surface area contributed by atoms with E-state index >= 15 is 0 Å². The first-order valence-electron chi connectivity index (χ1n) is 4.75. The fourth-order valence-electron chi connectivity index (χ4n) is 1.16. The quantitative estimate of drug-likeness (QED) is 0.800. The van der Waals surface area contributed by atoms with Gasteiger partial charge in [-0.05, 0) is 6.07 Å². The van der Waals surface area contributed by atoms with Gasteiger partial charge >= 0.3 is 5.97 Å². The van der Waals surface area contributed by atoms with E-state index in [1.165, 1.54) is 24.7 Å². The van der Waals surface area contributed by atoms with E-state index in [1.54, 1.807) is 0 Å². The van der Waals surface area contributed by atoms with Crippen LogP contribution >= 0.6 is 0 Å². The lowest BCUT2D eigenvalue weighted by Gasteiger charge is -2.05. The van der Waals surface area contributed by atoms with Gasteiger partial charge in [-0.3, -0.25) is 0 Å². The van der Waals surface area contributed by atoms with Crippen molar-refractivity contribution in [3.8, 4) is 6.07 Å². The van der Waals surface area contributed by atoms with Crippen LogP contribution in [0.25, 0.3) is 0 Å². The number of nitrogens with zero attached hydrogens (tertiary/aromatic N) is 5. The SMILES string of the molecule is N#Cc1nccnc1Nc1ccnc(C(=O)O)n1. The Bertz CT molecular complexity index is 636. The molecule has 2 aromatic rings. The van der Waals surface area contributed by atoms with Gasteiger partial charge in [0.15, 0.2) is 11.5 Å². The molecule has 8 nitrogen and oxygen atoms in total. The summed E-state index contributed by atoms with van der Waals surface area (Å²) in [5.41, 5.74) is 0.0907. The van der Waals surface area contributed by atoms with Crippen LogP contribution in [0.15, 0.2) is 24.7 Å². The Morgan fingerprint density at radius 1 is 1.28 bits per heavy atom. The van der Waals surface area contributed by atoms with Gasteiger partial charge in [0.1, 0.15) is 11.9 Å². The molecule has 0 saturated carbocycles. The molecule has 0 radical (unpaired) electrons. The first-order valence-corrected chi connectivity index (χ1v) is 4.75. The van der Waals surface area contributed by atoms with Gasteiger partial charge in [-0.15, -0.1) is 0 Å². The van der Waals surface area contributed by atoms with Crippen molar-refractivity contribution in [1.82, 2.24) is 19.9 Å². The summed E-state index contributed by atoms with van der Waals surface area (Å²) in [5.74, 6) is -1.16. The molecule has 0 fully saturated rings. The topological polar surface area (TPSA) is 125 Å². The lowest BCUT2D eigenvalue weighted by molar-refractivity contribution is 0.0683. The average molecular weight is 242 g/mol. The van der Waals surface area contributed by atoms with Gasteiger partial charge in [-0.1, -0.05) is 0 Å². The summed E-state index contributed by atoms with van der Waals surface area (Å²) in [6.45, 7) is 0. The third-order valence-corrected chi connectivity index (χ3v) is 1.90. The number of nitriles is 1. The van der Waals surface area contributed by atoms with E-state index in [1.807, 2.05) is 6.07 Å². The Hall–Kier alpha value is -3.08. The maximum Gasteiger partial charge on any atom is 0.374 e. The van der Waals surface area contributed by atoms with Crippen LogP contribution in [0.4, 0.5) is 11.6 Å². The zero-order chi connectivity index (χ0) is 13.0. The molecule has 0 spiro atoms. The molecule has 2 rings (SSSR count). The molecule has 0 aromatic carbocycles. The van der Waals surface area contributed by atoms with Crippen molar-refractivity contribution >= 4 is 17.6 Å². The summed E-state index contributed by atoms with van der Waals surface area (Å²) in [7, 11) is 0. The van der Waals surface area contributed by atoms with Crippen molar-refractivity contribution in [2.75, 3.05) is 5.32 Å². The number of anilines is 2. The minimum Gasteiger partial charge on any atom is -0.475 e. The third kappa shape index (κ3) is 2.35. The second-order valence-electron chi connectivity index (χ2n) is 3.06. The highest BCUT2D eigenvalue weighted by atomic mass is 16.4. The second kappa shape index (κ2) is 4.84. The summed E-state index contributed by atoms with van der Waals surface area (Å²) in [4.78, 5) is 25.7. The van der Waals surface area contributed by atoms with Crippen LogP contribution in [0.2, 0.25) is 0 Å². The molecular formula is C10H6N6O2. The highest BCUT2D eigenvalue weighted by Crippen LogP contribution is 2.13. The number of aromatic carboxylic acids is 1. The Balaban J connectivity index is 2.32. The predicted molar refractivity (Wildman–Crippen MR) is 59.0 cm³/mol. The standard InChI is InChI=1S/C10H6N6O2/c11-5-6-8(14-4-3-12-6)15-7-1-2-13-9(16-7)10(17)18/h1-4H,(H,17,18)(H,13,14,15,16). The van der Waals surface area contributed by atoms with Crippen LogP contribution in [0.1, 0.15) is 16.3 Å². The molecule has 0 aliphatic rings. The van der Waals surface area contributed by atoms with Crippen molar-refractivity contribution < 1.29 is 9.90 Å². The van der Waals surface area contributed by atoms with E-state index in [2.05, 4.69) is 25.3 Å². The number of aromatic nitrogens is 4. The zero-order valence-corrected chi connectivity index (χ0v) is 8.90. The van der Waals surface area contributed by atoms with E-state index in [4.69, 9.17) is 10.4 Å². The van der Waals surface area contributed by atoms with E-state index in [0.717, 1.165) is 0 Å². The highest BCUT2D eigenvalue weighted by Gasteiger charge is 2.09. The summed E-state index contributed by atoms with van der Waals surface area (Å²) < 4.78 is 0. The summed E-state index contributed by atoms with van der Waals surface area (Å²) in [6, 6.07) is 3.32. The maximum atomic E-state index is 10.7. The van der Waals surface area contributed by atoms with Gasteiger partial charge in [0.05, 0.1) is 0 Å². The second-order valence-corrected chi connectivity index (χ2v) is 3.06. The molecule has 2 heterocycles. The monoisotopic (exact) mass is 242 g/mol. The number of carbonyl (C=O) groups is 1. The van der Waals surface area contributed by atoms with Crippen molar-refractivity contribution in [1.29, 1.82) is 5.26 Å². The Labute approximate surface area is 101 Å². The van der Waals surface area contributed by atoms with Crippen molar-refractivity contribution in [3.05, 3.63) is 36.2 Å². The van der Waals surface area contributed by atoms with Crippen LogP contribution in [-0.4, -0.2) is 31.0 Å². The van der Waals surface area contributed by atoms with Gasteiger partial charge < -0.3 is 10.4 Å². The summed E-state index contributed by atoms with van der Waals surface area (Å²) in [6.07, 6.45) is 4.08. The van der Waals surface area contributed by atoms with E-state index in [9.17, 15) is 4.79 Å². The number of rotatable bonds is 3. The van der Waals surface area contributed by atoms with Crippen LogP contribution in [0, 0.1) is 11.3 Å². The van der Waals surface area contributed by atoms with Crippen molar-refractivity contribution in [3.63, 3.8) is 0 Å². The van der Waals surface area contributed by atoms with Gasteiger partial charge in [-0.25, -0.2) is 24.7 Å². The maximum absolute atomic E-state index is 10.7. The first kappa shape index (κ1) is 11.4. The van der Waals surface area contributed by atoms with Crippen molar-refractivity contribution in [2.24, 2.45) is 0 Å². The van der Waals surface area contributed by atoms with Crippen LogP contribution < -0.4 is 5.32 Å². The predicted octanol–water partition coefficient (Wildman–Crippen LogP) is 0.580. The molecule has 0 atom stereocenters. The Morgan fingerprint density at radius 2 is 2.06 bits per heavy atom. The smallest absolute Gasteiger partial charge is 0.374 e. The van der Waals surface area contributed by atoms with Gasteiger partial charge in [0, 0.05) is 18.6 Å². The van der Waals surface area contributed by atoms with E-state index < -0.39 is 5.97 Å². The van der Waals surface area contributed by atoms with Gasteiger partial charge in [0.25, 0.3) is 0 Å². The normalized spacial score (nSPS) is 9.50. The van der Waals surface area contributed by atoms with E-state index in [-0.39, 0.29) is 23.2 Å².